The third-order valence-corrected chi connectivity index (χ3v) is 4.84. The summed E-state index contributed by atoms with van der Waals surface area (Å²) in [5.74, 6) is 0.345. The molecule has 0 aliphatic heterocycles. The number of methoxy groups -OCH3 is 1. The van der Waals surface area contributed by atoms with Gasteiger partial charge in [-0.1, -0.05) is 32.9 Å². The number of hydrogen-bond donors (Lipinski definition) is 1. The maximum Gasteiger partial charge on any atom is 0.330 e. The van der Waals surface area contributed by atoms with E-state index in [-0.39, 0.29) is 11.9 Å². The highest BCUT2D eigenvalue weighted by Crippen LogP contribution is 2.31. The fraction of sp³-hybridized carbons (Fsp3) is 0.409. The van der Waals surface area contributed by atoms with Crippen molar-refractivity contribution in [2.24, 2.45) is 11.7 Å². The van der Waals surface area contributed by atoms with E-state index < -0.39 is 0 Å². The molecule has 28 heavy (non-hydrogen) atoms. The van der Waals surface area contributed by atoms with Gasteiger partial charge in [0.05, 0.1) is 30.2 Å². The molecule has 0 saturated heterocycles. The molecule has 0 fully saturated rings. The van der Waals surface area contributed by atoms with Crippen molar-refractivity contribution in [2.45, 2.75) is 39.7 Å². The van der Waals surface area contributed by atoms with Gasteiger partial charge in [0.15, 0.2) is 0 Å². The van der Waals surface area contributed by atoms with Crippen LogP contribution in [-0.4, -0.2) is 34.2 Å². The van der Waals surface area contributed by atoms with Gasteiger partial charge in [-0.15, -0.1) is 0 Å². The predicted molar refractivity (Wildman–Crippen MR) is 113 cm³/mol. The summed E-state index contributed by atoms with van der Waals surface area (Å²) in [4.78, 5) is 21.0. The lowest BCUT2D eigenvalue weighted by molar-refractivity contribution is -0.134. The van der Waals surface area contributed by atoms with E-state index in [1.54, 1.807) is 6.08 Å². The highest BCUT2D eigenvalue weighted by Gasteiger charge is 2.18. The molecule has 1 atom stereocenters. The van der Waals surface area contributed by atoms with Gasteiger partial charge < -0.3 is 15.0 Å². The molecule has 0 radical (unpaired) electrons. The molecule has 0 spiro atoms. The van der Waals surface area contributed by atoms with Crippen LogP contribution in [0.4, 0.5) is 0 Å². The minimum Gasteiger partial charge on any atom is -0.466 e. The summed E-state index contributed by atoms with van der Waals surface area (Å²) in [7, 11) is 1.37. The molecule has 6 heteroatoms. The number of esters is 1. The van der Waals surface area contributed by atoms with Gasteiger partial charge in [-0.25, -0.2) is 9.78 Å². The fourth-order valence-electron chi connectivity index (χ4n) is 3.47. The van der Waals surface area contributed by atoms with E-state index in [4.69, 9.17) is 15.7 Å². The van der Waals surface area contributed by atoms with Crippen molar-refractivity contribution in [3.8, 4) is 0 Å². The summed E-state index contributed by atoms with van der Waals surface area (Å²) in [5.41, 5.74) is 10.6. The first-order chi connectivity index (χ1) is 13.4. The van der Waals surface area contributed by atoms with Gasteiger partial charge >= 0.3 is 5.97 Å². The number of aromatic nitrogens is 3. The predicted octanol–water partition coefficient (Wildman–Crippen LogP) is 3.88. The van der Waals surface area contributed by atoms with Gasteiger partial charge in [0, 0.05) is 23.9 Å². The minimum absolute atomic E-state index is 0.216. The number of nitrogens with zero attached hydrogens (tertiary/aromatic N) is 3. The molecule has 1 aromatic carbocycles. The number of benzene rings is 1. The van der Waals surface area contributed by atoms with E-state index in [1.807, 2.05) is 18.5 Å². The Hall–Kier alpha value is -2.73. The summed E-state index contributed by atoms with van der Waals surface area (Å²) in [6.45, 7) is 8.04. The summed E-state index contributed by atoms with van der Waals surface area (Å²) in [6.07, 6.45) is 5.92. The molecule has 148 valence electrons. The molecule has 0 aliphatic rings. The monoisotopic (exact) mass is 380 g/mol. The van der Waals surface area contributed by atoms with Crippen LogP contribution >= 0.6 is 0 Å². The average molecular weight is 380 g/mol. The first-order valence-electron chi connectivity index (χ1n) is 9.69. The van der Waals surface area contributed by atoms with E-state index in [9.17, 15) is 4.79 Å². The molecule has 0 amide bonds. The van der Waals surface area contributed by atoms with Gasteiger partial charge in [-0.3, -0.25) is 4.98 Å². The van der Waals surface area contributed by atoms with Gasteiger partial charge in [0.2, 0.25) is 0 Å². The van der Waals surface area contributed by atoms with E-state index >= 15 is 0 Å². The van der Waals surface area contributed by atoms with Crippen LogP contribution in [0, 0.1) is 5.92 Å². The summed E-state index contributed by atoms with van der Waals surface area (Å²) < 4.78 is 6.89. The summed E-state index contributed by atoms with van der Waals surface area (Å²) >= 11 is 0. The van der Waals surface area contributed by atoms with Crippen molar-refractivity contribution in [1.29, 1.82) is 0 Å². The first-order valence-corrected chi connectivity index (χ1v) is 9.69. The van der Waals surface area contributed by atoms with Crippen LogP contribution in [-0.2, 0) is 16.1 Å². The number of nitrogens with two attached hydrogens (primary N) is 1. The Morgan fingerprint density at radius 1 is 1.32 bits per heavy atom. The molecule has 2 aromatic heterocycles. The van der Waals surface area contributed by atoms with Crippen molar-refractivity contribution >= 4 is 34.0 Å². The number of carbonyl (C=O) groups excluding carboxylic acids is 1. The van der Waals surface area contributed by atoms with Gasteiger partial charge in [-0.2, -0.15) is 0 Å². The summed E-state index contributed by atoms with van der Waals surface area (Å²) in [6, 6.07) is 6.04. The Morgan fingerprint density at radius 3 is 2.79 bits per heavy atom. The normalized spacial score (nSPS) is 13.1. The van der Waals surface area contributed by atoms with Crippen LogP contribution in [0.1, 0.15) is 44.4 Å². The molecule has 2 heterocycles. The number of pyridine rings is 1. The van der Waals surface area contributed by atoms with Gasteiger partial charge in [-0.05, 0) is 36.6 Å². The molecule has 0 bridgehead atoms. The molecule has 1 unspecified atom stereocenters. The lowest BCUT2D eigenvalue weighted by Gasteiger charge is -2.14. The van der Waals surface area contributed by atoms with E-state index in [0.29, 0.717) is 12.5 Å². The van der Waals surface area contributed by atoms with Crippen molar-refractivity contribution in [3.63, 3.8) is 0 Å². The largest absolute Gasteiger partial charge is 0.466 e. The number of fused-ring (bicyclic) bond motifs is 3. The van der Waals surface area contributed by atoms with Gasteiger partial charge in [0.25, 0.3) is 0 Å². The second-order valence-corrected chi connectivity index (χ2v) is 7.60. The summed E-state index contributed by atoms with van der Waals surface area (Å²) in [5, 5.41) is 1.06. The van der Waals surface area contributed by atoms with Crippen LogP contribution in [0.2, 0.25) is 0 Å². The molecule has 3 aromatic rings. The van der Waals surface area contributed by atoms with Crippen molar-refractivity contribution < 1.29 is 9.53 Å². The zero-order chi connectivity index (χ0) is 20.3. The van der Waals surface area contributed by atoms with E-state index in [2.05, 4.69) is 36.1 Å². The number of ether oxygens (including phenoxy) is 1. The average Bonchev–Trinajstić information content (AvgIpc) is 3.08. The number of rotatable bonds is 7. The van der Waals surface area contributed by atoms with Crippen LogP contribution in [0.15, 0.2) is 30.6 Å². The Bertz CT molecular complexity index is 1020. The number of hydrogen-bond acceptors (Lipinski definition) is 5. The topological polar surface area (TPSA) is 83.0 Å². The quantitative estimate of drug-likeness (QED) is 0.497. The standard InChI is InChI=1S/C22H28N4O2/c1-14(2)12-26-13-24-21-20(15(3)9-10-23)25-18-11-16(6-8-19(27)28-4)5-7-17(18)22(21)26/h5-8,11,13-15H,9-10,12,23H2,1-4H3. The molecule has 2 N–H and O–H groups in total. The third kappa shape index (κ3) is 4.07. The van der Waals surface area contributed by atoms with Crippen LogP contribution < -0.4 is 5.73 Å². The Morgan fingerprint density at radius 2 is 2.11 bits per heavy atom. The van der Waals surface area contributed by atoms with Crippen molar-refractivity contribution in [1.82, 2.24) is 14.5 Å². The molecule has 6 nitrogen and oxygen atoms in total. The maximum atomic E-state index is 11.4. The number of imidazole rings is 1. The second kappa shape index (κ2) is 8.52. The SMILES string of the molecule is COC(=O)C=Cc1ccc2c(c1)nc(C(C)CCN)c1ncn(CC(C)C)c12. The molecule has 0 saturated carbocycles. The highest BCUT2D eigenvalue weighted by molar-refractivity contribution is 6.04. The highest BCUT2D eigenvalue weighted by atomic mass is 16.5. The molecule has 3 rings (SSSR count). The van der Waals surface area contributed by atoms with Crippen molar-refractivity contribution in [3.05, 3.63) is 41.9 Å². The first kappa shape index (κ1) is 20.0. The molecule has 0 aliphatic carbocycles. The van der Waals surface area contributed by atoms with Crippen molar-refractivity contribution in [2.75, 3.05) is 13.7 Å². The fourth-order valence-corrected chi connectivity index (χ4v) is 3.47. The lowest BCUT2D eigenvalue weighted by Crippen LogP contribution is -2.08. The molecular weight excluding hydrogens is 352 g/mol. The number of carbonyl (C=O) groups is 1. The van der Waals surface area contributed by atoms with E-state index in [0.717, 1.165) is 46.2 Å². The second-order valence-electron chi connectivity index (χ2n) is 7.60. The Balaban J connectivity index is 2.21. The Labute approximate surface area is 165 Å². The van der Waals surface area contributed by atoms with Gasteiger partial charge in [0.1, 0.15) is 5.52 Å². The van der Waals surface area contributed by atoms with Crippen LogP contribution in [0.5, 0.6) is 0 Å². The van der Waals surface area contributed by atoms with E-state index in [1.165, 1.54) is 13.2 Å². The maximum absolute atomic E-state index is 11.4. The smallest absolute Gasteiger partial charge is 0.330 e. The van der Waals surface area contributed by atoms with Crippen LogP contribution in [0.3, 0.4) is 0 Å². The molecular formula is C22H28N4O2. The Kier molecular flexibility index (Phi) is 6.09. The third-order valence-electron chi connectivity index (χ3n) is 4.84. The zero-order valence-electron chi connectivity index (χ0n) is 17.0. The zero-order valence-corrected chi connectivity index (χ0v) is 17.0. The van der Waals surface area contributed by atoms with Crippen LogP contribution in [0.25, 0.3) is 28.0 Å². The lowest BCUT2D eigenvalue weighted by atomic mass is 9.99. The minimum atomic E-state index is -0.379.